The van der Waals surface area contributed by atoms with Crippen molar-refractivity contribution in [1.82, 2.24) is 4.90 Å². The maximum absolute atomic E-state index is 11.2. The van der Waals surface area contributed by atoms with Crippen LogP contribution in [0.2, 0.25) is 0 Å². The highest BCUT2D eigenvalue weighted by atomic mass is 32.2. The van der Waals surface area contributed by atoms with Crippen LogP contribution in [-0.2, 0) is 10.0 Å². The first-order valence-electron chi connectivity index (χ1n) is 7.16. The molecular weight excluding hydrogens is 272 g/mol. The molecule has 1 saturated heterocycles. The molecule has 2 N–H and O–H groups in total. The minimum Gasteiger partial charge on any atom is -0.296 e. The van der Waals surface area contributed by atoms with Gasteiger partial charge in [0.2, 0.25) is 10.0 Å². The van der Waals surface area contributed by atoms with Crippen molar-refractivity contribution in [3.8, 4) is 0 Å². The van der Waals surface area contributed by atoms with E-state index in [-0.39, 0.29) is 11.7 Å². The summed E-state index contributed by atoms with van der Waals surface area (Å²) in [5, 5.41) is 5.17. The Morgan fingerprint density at radius 2 is 2.20 bits per heavy atom. The van der Waals surface area contributed by atoms with E-state index in [4.69, 9.17) is 5.14 Å². The van der Waals surface area contributed by atoms with Crippen LogP contribution in [-0.4, -0.2) is 32.2 Å². The molecule has 1 aromatic rings. The summed E-state index contributed by atoms with van der Waals surface area (Å²) in [6.07, 6.45) is 1.99. The first kappa shape index (κ1) is 15.5. The summed E-state index contributed by atoms with van der Waals surface area (Å²) in [6.45, 7) is 6.12. The van der Waals surface area contributed by atoms with E-state index < -0.39 is 10.0 Å². The number of likely N-dealkylation sites (tertiary alicyclic amines) is 1. The Morgan fingerprint density at radius 1 is 1.45 bits per heavy atom. The fraction of sp³-hybridized carbons (Fsp3) is 0.600. The van der Waals surface area contributed by atoms with Crippen molar-refractivity contribution in [3.05, 3.63) is 35.4 Å². The van der Waals surface area contributed by atoms with E-state index in [1.54, 1.807) is 0 Å². The van der Waals surface area contributed by atoms with Gasteiger partial charge in [-0.2, -0.15) is 0 Å². The number of rotatable bonds is 4. The third kappa shape index (κ3) is 4.30. The summed E-state index contributed by atoms with van der Waals surface area (Å²) in [7, 11) is -3.37. The number of sulfonamides is 1. The molecule has 0 saturated carbocycles. The van der Waals surface area contributed by atoms with Crippen molar-refractivity contribution in [2.75, 3.05) is 18.8 Å². The third-order valence-electron chi connectivity index (χ3n) is 4.09. The van der Waals surface area contributed by atoms with Crippen LogP contribution in [0.5, 0.6) is 0 Å². The van der Waals surface area contributed by atoms with Gasteiger partial charge < -0.3 is 0 Å². The zero-order valence-electron chi connectivity index (χ0n) is 12.2. The maximum atomic E-state index is 11.2. The summed E-state index contributed by atoms with van der Waals surface area (Å²) in [5.74, 6) is 0.260. The Hall–Kier alpha value is -0.910. The topological polar surface area (TPSA) is 63.4 Å². The second kappa shape index (κ2) is 6.24. The van der Waals surface area contributed by atoms with Crippen LogP contribution in [0.1, 0.15) is 36.9 Å². The third-order valence-corrected chi connectivity index (χ3v) is 5.03. The molecule has 1 aromatic carbocycles. The van der Waals surface area contributed by atoms with E-state index in [1.807, 2.05) is 0 Å². The second-order valence-corrected chi connectivity index (χ2v) is 7.58. The van der Waals surface area contributed by atoms with E-state index in [2.05, 4.69) is 43.0 Å². The fourth-order valence-corrected chi connectivity index (χ4v) is 3.98. The molecule has 0 amide bonds. The number of hydrogen-bond acceptors (Lipinski definition) is 3. The number of nitrogens with zero attached hydrogens (tertiary/aromatic N) is 1. The SMILES string of the molecule is Cc1cccc([C@@H](C)N2CCC[C@H](CS(N)(=O)=O)C2)c1. The first-order chi connectivity index (χ1) is 9.35. The van der Waals surface area contributed by atoms with Crippen LogP contribution in [0.4, 0.5) is 0 Å². The van der Waals surface area contributed by atoms with Crippen molar-refractivity contribution in [3.63, 3.8) is 0 Å². The highest BCUT2D eigenvalue weighted by Crippen LogP contribution is 2.27. The Morgan fingerprint density at radius 3 is 2.85 bits per heavy atom. The standard InChI is InChI=1S/C15H24N2O2S/c1-12-5-3-7-15(9-12)13(2)17-8-4-6-14(10-17)11-20(16,18)19/h3,5,7,9,13-14H,4,6,8,10-11H2,1-2H3,(H2,16,18,19)/t13-,14+/m1/s1. The Balaban J connectivity index is 2.05. The molecule has 0 aliphatic carbocycles. The van der Waals surface area contributed by atoms with Crippen LogP contribution in [0.15, 0.2) is 24.3 Å². The molecule has 1 aliphatic rings. The van der Waals surface area contributed by atoms with Crippen LogP contribution >= 0.6 is 0 Å². The van der Waals surface area contributed by atoms with E-state index in [1.165, 1.54) is 11.1 Å². The van der Waals surface area contributed by atoms with Gasteiger partial charge in [0, 0.05) is 12.6 Å². The molecule has 5 heteroatoms. The number of benzene rings is 1. The molecule has 0 unspecified atom stereocenters. The smallest absolute Gasteiger partial charge is 0.209 e. The van der Waals surface area contributed by atoms with E-state index in [9.17, 15) is 8.42 Å². The lowest BCUT2D eigenvalue weighted by atomic mass is 9.96. The van der Waals surface area contributed by atoms with Gasteiger partial charge in [0.05, 0.1) is 5.75 Å². The lowest BCUT2D eigenvalue weighted by Crippen LogP contribution is -2.40. The molecule has 2 atom stereocenters. The van der Waals surface area contributed by atoms with Crippen molar-refractivity contribution in [2.24, 2.45) is 11.1 Å². The number of primary sulfonamides is 1. The lowest BCUT2D eigenvalue weighted by molar-refractivity contribution is 0.140. The van der Waals surface area contributed by atoms with E-state index >= 15 is 0 Å². The van der Waals surface area contributed by atoms with Gasteiger partial charge in [0.1, 0.15) is 0 Å². The highest BCUT2D eigenvalue weighted by Gasteiger charge is 2.26. The van der Waals surface area contributed by atoms with Crippen LogP contribution < -0.4 is 5.14 Å². The highest BCUT2D eigenvalue weighted by molar-refractivity contribution is 7.89. The molecule has 4 nitrogen and oxygen atoms in total. The summed E-state index contributed by atoms with van der Waals surface area (Å²) in [4.78, 5) is 2.37. The van der Waals surface area contributed by atoms with E-state index in [0.29, 0.717) is 6.04 Å². The molecule has 0 spiro atoms. The Bertz CT molecular complexity index is 557. The molecule has 2 rings (SSSR count). The van der Waals surface area contributed by atoms with Crippen molar-refractivity contribution < 1.29 is 8.42 Å². The van der Waals surface area contributed by atoms with Gasteiger partial charge in [0.15, 0.2) is 0 Å². The van der Waals surface area contributed by atoms with E-state index in [0.717, 1.165) is 25.9 Å². The first-order valence-corrected chi connectivity index (χ1v) is 8.88. The van der Waals surface area contributed by atoms with Crippen molar-refractivity contribution >= 4 is 10.0 Å². The van der Waals surface area contributed by atoms with Gasteiger partial charge in [-0.3, -0.25) is 4.90 Å². The number of hydrogen-bond donors (Lipinski definition) is 1. The van der Waals surface area contributed by atoms with Gasteiger partial charge in [-0.25, -0.2) is 13.6 Å². The zero-order valence-corrected chi connectivity index (χ0v) is 13.1. The zero-order chi connectivity index (χ0) is 14.8. The fourth-order valence-electron chi connectivity index (χ4n) is 3.05. The van der Waals surface area contributed by atoms with Gasteiger partial charge in [-0.1, -0.05) is 29.8 Å². The van der Waals surface area contributed by atoms with Crippen LogP contribution in [0.25, 0.3) is 0 Å². The monoisotopic (exact) mass is 296 g/mol. The molecule has 20 heavy (non-hydrogen) atoms. The van der Waals surface area contributed by atoms with Gasteiger partial charge in [0.25, 0.3) is 0 Å². The number of piperidine rings is 1. The Labute approximate surface area is 122 Å². The van der Waals surface area contributed by atoms with Crippen molar-refractivity contribution in [2.45, 2.75) is 32.7 Å². The molecule has 1 aliphatic heterocycles. The summed E-state index contributed by atoms with van der Waals surface area (Å²) in [6, 6.07) is 8.83. The average Bonchev–Trinajstić information content (AvgIpc) is 2.36. The molecule has 0 bridgehead atoms. The summed E-state index contributed by atoms with van der Waals surface area (Å²) >= 11 is 0. The predicted molar refractivity (Wildman–Crippen MR) is 81.9 cm³/mol. The van der Waals surface area contributed by atoms with Crippen LogP contribution in [0, 0.1) is 12.8 Å². The summed E-state index contributed by atoms with van der Waals surface area (Å²) in [5.41, 5.74) is 2.55. The number of nitrogens with two attached hydrogens (primary N) is 1. The minimum absolute atomic E-state index is 0.101. The van der Waals surface area contributed by atoms with Gasteiger partial charge in [-0.05, 0) is 44.7 Å². The quantitative estimate of drug-likeness (QED) is 0.925. The molecular formula is C15H24N2O2S. The Kier molecular flexibility index (Phi) is 4.83. The van der Waals surface area contributed by atoms with Gasteiger partial charge in [-0.15, -0.1) is 0 Å². The molecule has 1 heterocycles. The largest absolute Gasteiger partial charge is 0.296 e. The molecule has 0 radical (unpaired) electrons. The second-order valence-electron chi connectivity index (χ2n) is 5.92. The maximum Gasteiger partial charge on any atom is 0.209 e. The normalized spacial score (nSPS) is 22.6. The predicted octanol–water partition coefficient (Wildman–Crippen LogP) is 2.06. The molecule has 112 valence electrons. The molecule has 0 aromatic heterocycles. The van der Waals surface area contributed by atoms with Gasteiger partial charge >= 0.3 is 0 Å². The van der Waals surface area contributed by atoms with Crippen molar-refractivity contribution in [1.29, 1.82) is 0 Å². The lowest BCUT2D eigenvalue weighted by Gasteiger charge is -2.36. The average molecular weight is 296 g/mol. The molecule has 1 fully saturated rings. The van der Waals surface area contributed by atoms with Crippen LogP contribution in [0.3, 0.4) is 0 Å². The summed E-state index contributed by atoms with van der Waals surface area (Å²) < 4.78 is 22.5. The number of aryl methyl sites for hydroxylation is 1. The minimum atomic E-state index is -3.37.